The molecule has 2 rings (SSSR count). The zero-order chi connectivity index (χ0) is 15.6. The van der Waals surface area contributed by atoms with Crippen LogP contribution >= 0.6 is 0 Å². The van der Waals surface area contributed by atoms with Crippen LogP contribution in [0, 0.1) is 13.8 Å². The number of benzene rings is 1. The van der Waals surface area contributed by atoms with Crippen LogP contribution in [0.15, 0.2) is 30.3 Å². The van der Waals surface area contributed by atoms with E-state index in [0.717, 1.165) is 11.4 Å². The average Bonchev–Trinajstić information content (AvgIpc) is 2.37. The summed E-state index contributed by atoms with van der Waals surface area (Å²) in [5.74, 6) is -0.143. The number of aromatic nitrogens is 1. The first-order valence-corrected chi connectivity index (χ1v) is 6.55. The summed E-state index contributed by atoms with van der Waals surface area (Å²) in [7, 11) is 3.87. The largest absolute Gasteiger partial charge is 0.477 e. The zero-order valence-corrected chi connectivity index (χ0v) is 12.5. The summed E-state index contributed by atoms with van der Waals surface area (Å²) in [6.45, 7) is 3.47. The molecule has 0 unspecified atom stereocenters. The van der Waals surface area contributed by atoms with Crippen molar-refractivity contribution in [3.8, 4) is 11.5 Å². The van der Waals surface area contributed by atoms with Crippen molar-refractivity contribution in [3.63, 3.8) is 0 Å². The normalized spacial score (nSPS) is 10.3. The molecule has 0 atom stereocenters. The minimum absolute atomic E-state index is 0.0934. The van der Waals surface area contributed by atoms with Crippen LogP contribution in [0.4, 0.5) is 5.69 Å². The molecule has 1 aromatic carbocycles. The van der Waals surface area contributed by atoms with Gasteiger partial charge in [0.05, 0.1) is 5.69 Å². The number of nitrogens with zero attached hydrogens (tertiary/aromatic N) is 2. The minimum Gasteiger partial charge on any atom is -0.477 e. The lowest BCUT2D eigenvalue weighted by atomic mass is 10.1. The number of hydrogen-bond donors (Lipinski definition) is 1. The average molecular weight is 286 g/mol. The van der Waals surface area contributed by atoms with Gasteiger partial charge in [0, 0.05) is 37.6 Å². The van der Waals surface area contributed by atoms with Crippen molar-refractivity contribution in [2.24, 2.45) is 0 Å². The molecule has 0 fully saturated rings. The van der Waals surface area contributed by atoms with Gasteiger partial charge in [-0.3, -0.25) is 4.98 Å². The van der Waals surface area contributed by atoms with Gasteiger partial charge in [0.15, 0.2) is 0 Å². The van der Waals surface area contributed by atoms with E-state index < -0.39 is 5.97 Å². The molecule has 1 heterocycles. The van der Waals surface area contributed by atoms with Gasteiger partial charge in [-0.25, -0.2) is 4.79 Å². The van der Waals surface area contributed by atoms with Crippen molar-refractivity contribution in [2.75, 3.05) is 19.0 Å². The van der Waals surface area contributed by atoms with Gasteiger partial charge in [-0.2, -0.15) is 0 Å². The molecule has 5 heteroatoms. The number of rotatable bonds is 4. The van der Waals surface area contributed by atoms with E-state index in [2.05, 4.69) is 4.98 Å². The number of carboxylic acids is 1. The summed E-state index contributed by atoms with van der Waals surface area (Å²) >= 11 is 0. The monoisotopic (exact) mass is 286 g/mol. The second-order valence-electron chi connectivity index (χ2n) is 5.02. The molecule has 0 amide bonds. The smallest absolute Gasteiger partial charge is 0.341 e. The second kappa shape index (κ2) is 5.83. The summed E-state index contributed by atoms with van der Waals surface area (Å²) in [4.78, 5) is 17.5. The van der Waals surface area contributed by atoms with Crippen molar-refractivity contribution in [3.05, 3.63) is 47.3 Å². The summed E-state index contributed by atoms with van der Waals surface area (Å²) in [6.07, 6.45) is 0. The van der Waals surface area contributed by atoms with E-state index in [1.807, 2.05) is 44.1 Å². The Morgan fingerprint density at radius 1 is 1.24 bits per heavy atom. The Labute approximate surface area is 123 Å². The van der Waals surface area contributed by atoms with E-state index >= 15 is 0 Å². The highest BCUT2D eigenvalue weighted by molar-refractivity contribution is 5.92. The van der Waals surface area contributed by atoms with Gasteiger partial charge in [-0.05, 0) is 26.0 Å². The standard InChI is InChI=1S/C16H18N2O3/c1-10-8-14(15(16(19)20)11(2)17-10)21-13-7-5-6-12(9-13)18(3)4/h5-9H,1-4H3,(H,19,20). The number of hydrogen-bond acceptors (Lipinski definition) is 4. The van der Waals surface area contributed by atoms with Gasteiger partial charge < -0.3 is 14.7 Å². The Hall–Kier alpha value is -2.56. The quantitative estimate of drug-likeness (QED) is 0.934. The SMILES string of the molecule is Cc1cc(Oc2cccc(N(C)C)c2)c(C(=O)O)c(C)n1. The number of carbonyl (C=O) groups is 1. The van der Waals surface area contributed by atoms with E-state index in [-0.39, 0.29) is 5.56 Å². The van der Waals surface area contributed by atoms with E-state index in [0.29, 0.717) is 17.2 Å². The second-order valence-corrected chi connectivity index (χ2v) is 5.02. The predicted molar refractivity (Wildman–Crippen MR) is 81.5 cm³/mol. The lowest BCUT2D eigenvalue weighted by Gasteiger charge is -2.15. The number of carboxylic acid groups (broad SMARTS) is 1. The lowest BCUT2D eigenvalue weighted by Crippen LogP contribution is -2.08. The first-order chi connectivity index (χ1) is 9.88. The number of ether oxygens (including phenoxy) is 1. The molecular weight excluding hydrogens is 268 g/mol. The van der Waals surface area contributed by atoms with E-state index in [1.54, 1.807) is 19.1 Å². The Bertz CT molecular complexity index is 681. The van der Waals surface area contributed by atoms with Crippen LogP contribution in [-0.4, -0.2) is 30.2 Å². The molecule has 1 aromatic heterocycles. The van der Waals surface area contributed by atoms with Crippen molar-refractivity contribution in [2.45, 2.75) is 13.8 Å². The number of pyridine rings is 1. The Balaban J connectivity index is 2.44. The van der Waals surface area contributed by atoms with Crippen LogP contribution in [0.2, 0.25) is 0 Å². The maximum Gasteiger partial charge on any atom is 0.341 e. The van der Waals surface area contributed by atoms with Crippen LogP contribution < -0.4 is 9.64 Å². The Kier molecular flexibility index (Phi) is 4.12. The number of aromatic carboxylic acids is 1. The molecule has 0 saturated heterocycles. The van der Waals surface area contributed by atoms with Crippen LogP contribution in [0.3, 0.4) is 0 Å². The summed E-state index contributed by atoms with van der Waals surface area (Å²) < 4.78 is 5.78. The summed E-state index contributed by atoms with van der Waals surface area (Å²) in [5, 5.41) is 9.33. The van der Waals surface area contributed by atoms with Crippen LogP contribution in [-0.2, 0) is 0 Å². The zero-order valence-electron chi connectivity index (χ0n) is 12.5. The molecule has 0 aliphatic carbocycles. The molecule has 21 heavy (non-hydrogen) atoms. The summed E-state index contributed by atoms with van der Waals surface area (Å²) in [5.41, 5.74) is 2.24. The highest BCUT2D eigenvalue weighted by atomic mass is 16.5. The highest BCUT2D eigenvalue weighted by Crippen LogP contribution is 2.29. The van der Waals surface area contributed by atoms with E-state index in [1.165, 1.54) is 0 Å². The van der Waals surface area contributed by atoms with Crippen molar-refractivity contribution in [1.82, 2.24) is 4.98 Å². The van der Waals surface area contributed by atoms with Gasteiger partial charge in [-0.1, -0.05) is 6.07 Å². The third kappa shape index (κ3) is 3.31. The first kappa shape index (κ1) is 14.8. The van der Waals surface area contributed by atoms with Gasteiger partial charge in [0.1, 0.15) is 17.1 Å². The molecule has 1 N–H and O–H groups in total. The molecule has 2 aromatic rings. The molecule has 5 nitrogen and oxygen atoms in total. The van der Waals surface area contributed by atoms with Crippen molar-refractivity contribution < 1.29 is 14.6 Å². The lowest BCUT2D eigenvalue weighted by molar-refractivity contribution is 0.0693. The van der Waals surface area contributed by atoms with E-state index in [4.69, 9.17) is 4.74 Å². The predicted octanol–water partition coefficient (Wildman–Crippen LogP) is 3.25. The fourth-order valence-corrected chi connectivity index (χ4v) is 2.09. The Morgan fingerprint density at radius 2 is 1.95 bits per heavy atom. The van der Waals surface area contributed by atoms with Gasteiger partial charge in [0.25, 0.3) is 0 Å². The van der Waals surface area contributed by atoms with Crippen LogP contribution in [0.25, 0.3) is 0 Å². The molecule has 0 radical (unpaired) electrons. The third-order valence-corrected chi connectivity index (χ3v) is 3.07. The van der Waals surface area contributed by atoms with Crippen molar-refractivity contribution >= 4 is 11.7 Å². The van der Waals surface area contributed by atoms with Gasteiger partial charge in [-0.15, -0.1) is 0 Å². The molecule has 0 spiro atoms. The molecular formula is C16H18N2O3. The van der Waals surface area contributed by atoms with Crippen LogP contribution in [0.1, 0.15) is 21.7 Å². The van der Waals surface area contributed by atoms with Gasteiger partial charge >= 0.3 is 5.97 Å². The maximum atomic E-state index is 11.4. The number of aryl methyl sites for hydroxylation is 2. The highest BCUT2D eigenvalue weighted by Gasteiger charge is 2.17. The molecule has 0 aliphatic heterocycles. The first-order valence-electron chi connectivity index (χ1n) is 6.55. The van der Waals surface area contributed by atoms with Crippen molar-refractivity contribution in [1.29, 1.82) is 0 Å². The summed E-state index contributed by atoms with van der Waals surface area (Å²) in [6, 6.07) is 9.11. The minimum atomic E-state index is -1.04. The molecule has 0 saturated carbocycles. The molecule has 110 valence electrons. The Morgan fingerprint density at radius 3 is 2.57 bits per heavy atom. The van der Waals surface area contributed by atoms with E-state index in [9.17, 15) is 9.90 Å². The number of anilines is 1. The topological polar surface area (TPSA) is 62.7 Å². The van der Waals surface area contributed by atoms with Crippen LogP contribution in [0.5, 0.6) is 11.5 Å². The molecule has 0 bridgehead atoms. The fraction of sp³-hybridized carbons (Fsp3) is 0.250. The molecule has 0 aliphatic rings. The third-order valence-electron chi connectivity index (χ3n) is 3.07. The maximum absolute atomic E-state index is 11.4. The van der Waals surface area contributed by atoms with Gasteiger partial charge in [0.2, 0.25) is 0 Å². The fourth-order valence-electron chi connectivity index (χ4n) is 2.09.